The predicted molar refractivity (Wildman–Crippen MR) is 77.7 cm³/mol. The molecule has 1 fully saturated rings. The molecule has 0 aromatic heterocycles. The van der Waals surface area contributed by atoms with E-state index in [0.717, 1.165) is 18.9 Å². The molecule has 2 nitrogen and oxygen atoms in total. The Kier molecular flexibility index (Phi) is 7.56. The zero-order valence-corrected chi connectivity index (χ0v) is 12.5. The molecule has 1 aliphatic carbocycles. The van der Waals surface area contributed by atoms with Gasteiger partial charge in [-0.15, -0.1) is 0 Å². The molecule has 0 aromatic carbocycles. The molecule has 0 radical (unpaired) electrons. The first-order valence-electron chi connectivity index (χ1n) is 7.04. The van der Waals surface area contributed by atoms with Crippen LogP contribution >= 0.6 is 11.8 Å². The third kappa shape index (κ3) is 5.62. The second-order valence-corrected chi connectivity index (χ2v) is 6.41. The number of aliphatic hydroxyl groups is 1. The Labute approximate surface area is 111 Å². The maximum absolute atomic E-state index is 10.1. The normalized spacial score (nSPS) is 21.0. The summed E-state index contributed by atoms with van der Waals surface area (Å²) >= 11 is 1.90. The second-order valence-electron chi connectivity index (χ2n) is 5.50. The van der Waals surface area contributed by atoms with Gasteiger partial charge < -0.3 is 10.0 Å². The smallest absolute Gasteiger partial charge is 0.0669 e. The first kappa shape index (κ1) is 15.3. The van der Waals surface area contributed by atoms with Gasteiger partial charge in [0.1, 0.15) is 0 Å². The lowest BCUT2D eigenvalue weighted by molar-refractivity contribution is 0.0876. The topological polar surface area (TPSA) is 23.5 Å². The molecule has 1 rings (SSSR count). The van der Waals surface area contributed by atoms with Crippen molar-refractivity contribution in [1.82, 2.24) is 4.90 Å². The maximum Gasteiger partial charge on any atom is 0.0669 e. The fraction of sp³-hybridized carbons (Fsp3) is 1.00. The lowest BCUT2D eigenvalue weighted by Gasteiger charge is -2.29. The molecule has 0 bridgehead atoms. The van der Waals surface area contributed by atoms with Gasteiger partial charge >= 0.3 is 0 Å². The molecule has 2 unspecified atom stereocenters. The number of rotatable bonds is 8. The Morgan fingerprint density at radius 2 is 2.00 bits per heavy atom. The number of aliphatic hydroxyl groups excluding tert-OH is 1. The SMILES string of the molecule is CCC(CSC)N(C)CC(O)CC1CCCC1. The van der Waals surface area contributed by atoms with Crippen LogP contribution in [0, 0.1) is 5.92 Å². The van der Waals surface area contributed by atoms with Crippen molar-refractivity contribution in [3.63, 3.8) is 0 Å². The molecule has 1 N–H and O–H groups in total. The molecule has 102 valence electrons. The number of hydrogen-bond donors (Lipinski definition) is 1. The van der Waals surface area contributed by atoms with Crippen LogP contribution < -0.4 is 0 Å². The first-order chi connectivity index (χ1) is 8.17. The third-order valence-corrected chi connectivity index (χ3v) is 4.75. The highest BCUT2D eigenvalue weighted by Crippen LogP contribution is 2.28. The van der Waals surface area contributed by atoms with E-state index in [-0.39, 0.29) is 6.10 Å². The molecule has 0 amide bonds. The van der Waals surface area contributed by atoms with Gasteiger partial charge in [0.25, 0.3) is 0 Å². The summed E-state index contributed by atoms with van der Waals surface area (Å²) in [7, 11) is 2.16. The van der Waals surface area contributed by atoms with Crippen LogP contribution in [0.4, 0.5) is 0 Å². The van der Waals surface area contributed by atoms with E-state index in [1.54, 1.807) is 0 Å². The van der Waals surface area contributed by atoms with Crippen molar-refractivity contribution in [1.29, 1.82) is 0 Å². The van der Waals surface area contributed by atoms with E-state index in [0.29, 0.717) is 6.04 Å². The maximum atomic E-state index is 10.1. The van der Waals surface area contributed by atoms with Crippen LogP contribution in [0.25, 0.3) is 0 Å². The van der Waals surface area contributed by atoms with Crippen molar-refractivity contribution < 1.29 is 5.11 Å². The van der Waals surface area contributed by atoms with Crippen molar-refractivity contribution in [2.45, 2.75) is 57.6 Å². The van der Waals surface area contributed by atoms with E-state index in [1.807, 2.05) is 11.8 Å². The van der Waals surface area contributed by atoms with E-state index < -0.39 is 0 Å². The van der Waals surface area contributed by atoms with Crippen LogP contribution in [0.3, 0.4) is 0 Å². The average molecular weight is 259 g/mol. The van der Waals surface area contributed by atoms with Gasteiger partial charge in [0.2, 0.25) is 0 Å². The van der Waals surface area contributed by atoms with Gasteiger partial charge in [-0.1, -0.05) is 32.6 Å². The van der Waals surface area contributed by atoms with E-state index in [2.05, 4.69) is 25.1 Å². The van der Waals surface area contributed by atoms with Gasteiger partial charge in [-0.05, 0) is 32.1 Å². The van der Waals surface area contributed by atoms with Crippen molar-refractivity contribution in [2.24, 2.45) is 5.92 Å². The summed E-state index contributed by atoms with van der Waals surface area (Å²) < 4.78 is 0. The standard InChI is InChI=1S/C14H29NOS/c1-4-13(11-17-3)15(2)10-14(16)9-12-7-5-6-8-12/h12-14,16H,4-11H2,1-3H3. The van der Waals surface area contributed by atoms with Crippen molar-refractivity contribution in [3.05, 3.63) is 0 Å². The van der Waals surface area contributed by atoms with Crippen molar-refractivity contribution >= 4 is 11.8 Å². The van der Waals surface area contributed by atoms with Crippen LogP contribution in [0.15, 0.2) is 0 Å². The van der Waals surface area contributed by atoms with E-state index in [9.17, 15) is 5.11 Å². The van der Waals surface area contributed by atoms with Crippen LogP contribution in [0.5, 0.6) is 0 Å². The summed E-state index contributed by atoms with van der Waals surface area (Å²) in [6, 6.07) is 0.614. The van der Waals surface area contributed by atoms with E-state index in [1.165, 1.54) is 37.9 Å². The summed E-state index contributed by atoms with van der Waals surface area (Å²) in [5.74, 6) is 1.96. The highest BCUT2D eigenvalue weighted by atomic mass is 32.2. The van der Waals surface area contributed by atoms with Gasteiger partial charge in [0.15, 0.2) is 0 Å². The fourth-order valence-corrected chi connectivity index (χ4v) is 3.81. The molecular weight excluding hydrogens is 230 g/mol. The molecule has 0 heterocycles. The number of thioether (sulfide) groups is 1. The van der Waals surface area contributed by atoms with Gasteiger partial charge in [-0.2, -0.15) is 11.8 Å². The fourth-order valence-electron chi connectivity index (χ4n) is 2.94. The van der Waals surface area contributed by atoms with Crippen LogP contribution in [-0.4, -0.2) is 47.8 Å². The minimum absolute atomic E-state index is 0.126. The lowest BCUT2D eigenvalue weighted by Crippen LogP contribution is -2.39. The summed E-state index contributed by atoms with van der Waals surface area (Å²) in [6.45, 7) is 3.08. The van der Waals surface area contributed by atoms with Crippen LogP contribution in [0.1, 0.15) is 45.4 Å². The predicted octanol–water partition coefficient (Wildman–Crippen LogP) is 3.00. The van der Waals surface area contributed by atoms with Crippen molar-refractivity contribution in [2.75, 3.05) is 25.6 Å². The Hall–Kier alpha value is 0.270. The lowest BCUT2D eigenvalue weighted by atomic mass is 9.99. The zero-order chi connectivity index (χ0) is 12.7. The Balaban J connectivity index is 2.25. The quantitative estimate of drug-likeness (QED) is 0.725. The minimum atomic E-state index is -0.126. The molecule has 0 saturated heterocycles. The Morgan fingerprint density at radius 1 is 1.35 bits per heavy atom. The summed E-state index contributed by atoms with van der Waals surface area (Å²) in [6.07, 6.45) is 9.64. The van der Waals surface area contributed by atoms with Crippen molar-refractivity contribution in [3.8, 4) is 0 Å². The monoisotopic (exact) mass is 259 g/mol. The van der Waals surface area contributed by atoms with E-state index >= 15 is 0 Å². The number of hydrogen-bond acceptors (Lipinski definition) is 3. The number of likely N-dealkylation sites (N-methyl/N-ethyl adjacent to an activating group) is 1. The largest absolute Gasteiger partial charge is 0.392 e. The summed E-state index contributed by atoms with van der Waals surface area (Å²) in [5.41, 5.74) is 0. The summed E-state index contributed by atoms with van der Waals surface area (Å²) in [4.78, 5) is 2.34. The highest BCUT2D eigenvalue weighted by Gasteiger charge is 2.21. The molecule has 17 heavy (non-hydrogen) atoms. The summed E-state index contributed by atoms with van der Waals surface area (Å²) in [5, 5.41) is 10.1. The molecule has 0 spiro atoms. The number of nitrogens with zero attached hydrogens (tertiary/aromatic N) is 1. The second kappa shape index (κ2) is 8.39. The Bertz CT molecular complexity index is 195. The highest BCUT2D eigenvalue weighted by molar-refractivity contribution is 7.98. The molecule has 2 atom stereocenters. The van der Waals surface area contributed by atoms with Gasteiger partial charge in [-0.3, -0.25) is 0 Å². The van der Waals surface area contributed by atoms with Crippen LogP contribution in [0.2, 0.25) is 0 Å². The zero-order valence-electron chi connectivity index (χ0n) is 11.7. The molecule has 1 aliphatic rings. The van der Waals surface area contributed by atoms with E-state index in [4.69, 9.17) is 0 Å². The van der Waals surface area contributed by atoms with Gasteiger partial charge in [0, 0.05) is 18.3 Å². The molecule has 0 aliphatic heterocycles. The third-order valence-electron chi connectivity index (χ3n) is 4.03. The van der Waals surface area contributed by atoms with Gasteiger partial charge in [-0.25, -0.2) is 0 Å². The Morgan fingerprint density at radius 3 is 2.53 bits per heavy atom. The first-order valence-corrected chi connectivity index (χ1v) is 8.44. The minimum Gasteiger partial charge on any atom is -0.392 e. The molecule has 1 saturated carbocycles. The van der Waals surface area contributed by atoms with Crippen LogP contribution in [-0.2, 0) is 0 Å². The average Bonchev–Trinajstić information content (AvgIpc) is 2.78. The molecule has 3 heteroatoms. The molecular formula is C14H29NOS. The molecule has 0 aromatic rings. The van der Waals surface area contributed by atoms with Gasteiger partial charge in [0.05, 0.1) is 6.10 Å².